The van der Waals surface area contributed by atoms with Crippen molar-refractivity contribution < 1.29 is 13.2 Å². The Morgan fingerprint density at radius 3 is 2.38 bits per heavy atom. The summed E-state index contributed by atoms with van der Waals surface area (Å²) in [6, 6.07) is 19.5. The third-order valence-electron chi connectivity index (χ3n) is 7.21. The fraction of sp³-hybridized carbons (Fsp3) is 0.333. The van der Waals surface area contributed by atoms with Gasteiger partial charge in [-0.05, 0) is 74.4 Å². The van der Waals surface area contributed by atoms with Crippen LogP contribution in [-0.4, -0.2) is 70.0 Å². The first-order chi connectivity index (χ1) is 19.3. The average molecular weight is 578 g/mol. The van der Waals surface area contributed by atoms with E-state index in [1.165, 1.54) is 32.3 Å². The Bertz CT molecular complexity index is 1580. The number of thiazole rings is 1. The first-order valence-corrected chi connectivity index (χ1v) is 15.8. The van der Waals surface area contributed by atoms with Crippen LogP contribution in [0.3, 0.4) is 0 Å². The molecule has 0 spiro atoms. The number of amides is 1. The number of aryl methyl sites for hydroxylation is 2. The fourth-order valence-corrected chi connectivity index (χ4v) is 7.74. The van der Waals surface area contributed by atoms with Crippen molar-refractivity contribution in [2.24, 2.45) is 0 Å². The number of fused-ring (bicyclic) bond motifs is 1. The Kier molecular flexibility index (Phi) is 8.39. The molecule has 0 unspecified atom stereocenters. The maximum absolute atomic E-state index is 13.2. The van der Waals surface area contributed by atoms with Gasteiger partial charge in [-0.1, -0.05) is 35.6 Å². The fourth-order valence-electron chi connectivity index (χ4n) is 5.08. The molecule has 1 aliphatic heterocycles. The lowest BCUT2D eigenvalue weighted by atomic mass is 10.1. The Hall–Kier alpha value is -3.47. The number of hydrogen-bond acceptors (Lipinski definition) is 7. The molecule has 0 radical (unpaired) electrons. The molecule has 1 N–H and O–H groups in total. The topological polar surface area (TPSA) is 85.8 Å². The molecule has 210 valence electrons. The monoisotopic (exact) mass is 577 g/mol. The number of para-hydroxylation sites is 1. The molecule has 0 aliphatic carbocycles. The Labute approximate surface area is 240 Å². The second-order valence-corrected chi connectivity index (χ2v) is 12.9. The lowest BCUT2D eigenvalue weighted by molar-refractivity contribution is 0.0947. The molecule has 40 heavy (non-hydrogen) atoms. The maximum Gasteiger partial charge on any atom is 0.264 e. The number of rotatable bonds is 9. The molecule has 1 amide bonds. The predicted octanol–water partition coefficient (Wildman–Crippen LogP) is 4.68. The number of aromatic nitrogens is 1. The molecule has 0 saturated carbocycles. The normalized spacial score (nSPS) is 14.4. The van der Waals surface area contributed by atoms with Gasteiger partial charge in [-0.15, -0.1) is 0 Å². The summed E-state index contributed by atoms with van der Waals surface area (Å²) in [5.74, 6) is -0.210. The molecule has 1 aromatic heterocycles. The second kappa shape index (κ2) is 12.0. The number of nitrogens with zero attached hydrogens (tertiary/aromatic N) is 4. The highest BCUT2D eigenvalue weighted by Gasteiger charge is 2.24. The minimum Gasteiger partial charge on any atom is -0.351 e. The van der Waals surface area contributed by atoms with E-state index in [4.69, 9.17) is 4.98 Å². The van der Waals surface area contributed by atoms with Gasteiger partial charge >= 0.3 is 0 Å². The number of carbonyl (C=O) groups is 1. The minimum absolute atomic E-state index is 0.158. The van der Waals surface area contributed by atoms with Crippen LogP contribution in [-0.2, 0) is 10.0 Å². The van der Waals surface area contributed by atoms with E-state index in [2.05, 4.69) is 41.1 Å². The standard InChI is InChI=1S/C30H35N5O3S2/c1-4-35(25-8-6-5-7-9-25)40(37,38)26-12-10-24(11-13-26)29(36)31-14-15-33-16-18-34(19-17-33)30-32-28-23(3)20-22(2)21-27(28)39-30/h5-13,20-21H,4,14-19H2,1-3H3,(H,31,36). The lowest BCUT2D eigenvalue weighted by Gasteiger charge is -2.34. The van der Waals surface area contributed by atoms with Gasteiger partial charge in [0.1, 0.15) is 0 Å². The molecule has 4 aromatic rings. The van der Waals surface area contributed by atoms with Gasteiger partial charge in [0.15, 0.2) is 5.13 Å². The molecule has 0 bridgehead atoms. The lowest BCUT2D eigenvalue weighted by Crippen LogP contribution is -2.48. The van der Waals surface area contributed by atoms with Crippen molar-refractivity contribution in [3.63, 3.8) is 0 Å². The number of carbonyl (C=O) groups excluding carboxylic acids is 1. The maximum atomic E-state index is 13.2. The van der Waals surface area contributed by atoms with Crippen molar-refractivity contribution in [3.8, 4) is 0 Å². The minimum atomic E-state index is -3.73. The molecule has 0 atom stereocenters. The van der Waals surface area contributed by atoms with Gasteiger partial charge in [0.05, 0.1) is 20.8 Å². The summed E-state index contributed by atoms with van der Waals surface area (Å²) < 4.78 is 29.0. The number of benzene rings is 3. The van der Waals surface area contributed by atoms with E-state index in [-0.39, 0.29) is 10.8 Å². The Morgan fingerprint density at radius 2 is 1.70 bits per heavy atom. The van der Waals surface area contributed by atoms with Crippen molar-refractivity contribution in [3.05, 3.63) is 83.4 Å². The zero-order chi connectivity index (χ0) is 28.3. The van der Waals surface area contributed by atoms with Crippen LogP contribution in [0.5, 0.6) is 0 Å². The van der Waals surface area contributed by atoms with Gasteiger partial charge in [-0.3, -0.25) is 14.0 Å². The van der Waals surface area contributed by atoms with Crippen molar-refractivity contribution in [1.29, 1.82) is 0 Å². The van der Waals surface area contributed by atoms with Crippen molar-refractivity contribution in [1.82, 2.24) is 15.2 Å². The van der Waals surface area contributed by atoms with E-state index in [1.54, 1.807) is 42.5 Å². The van der Waals surface area contributed by atoms with Crippen LogP contribution < -0.4 is 14.5 Å². The smallest absolute Gasteiger partial charge is 0.264 e. The first-order valence-electron chi connectivity index (χ1n) is 13.6. The number of nitrogens with one attached hydrogen (secondary N) is 1. The van der Waals surface area contributed by atoms with E-state index in [9.17, 15) is 13.2 Å². The molecular weight excluding hydrogens is 542 g/mol. The van der Waals surface area contributed by atoms with Crippen LogP contribution in [0.15, 0.2) is 71.6 Å². The Balaban J connectivity index is 1.11. The van der Waals surface area contributed by atoms with Gasteiger partial charge < -0.3 is 10.2 Å². The van der Waals surface area contributed by atoms with Crippen LogP contribution >= 0.6 is 11.3 Å². The second-order valence-electron chi connectivity index (χ2n) is 10.0. The largest absolute Gasteiger partial charge is 0.351 e. The SMILES string of the molecule is CCN(c1ccccc1)S(=O)(=O)c1ccc(C(=O)NCCN2CCN(c3nc4c(C)cc(C)cc4s3)CC2)cc1. The molecule has 8 nitrogen and oxygen atoms in total. The summed E-state index contributed by atoms with van der Waals surface area (Å²) in [5.41, 5.74) is 4.63. The van der Waals surface area contributed by atoms with E-state index in [1.807, 2.05) is 18.2 Å². The summed E-state index contributed by atoms with van der Waals surface area (Å²) in [6.45, 7) is 11.2. The molecule has 1 saturated heterocycles. The quantitative estimate of drug-likeness (QED) is 0.311. The van der Waals surface area contributed by atoms with Crippen LogP contribution in [0, 0.1) is 13.8 Å². The van der Waals surface area contributed by atoms with Gasteiger partial charge in [0.2, 0.25) is 0 Å². The van der Waals surface area contributed by atoms with Crippen molar-refractivity contribution in [2.45, 2.75) is 25.7 Å². The summed E-state index contributed by atoms with van der Waals surface area (Å²) in [5, 5.41) is 4.05. The third kappa shape index (κ3) is 5.99. The summed E-state index contributed by atoms with van der Waals surface area (Å²) in [4.78, 5) is 22.5. The van der Waals surface area contributed by atoms with Crippen LogP contribution in [0.25, 0.3) is 10.2 Å². The summed E-state index contributed by atoms with van der Waals surface area (Å²) in [7, 11) is -3.73. The van der Waals surface area contributed by atoms with Gasteiger partial charge in [0, 0.05) is 51.4 Å². The van der Waals surface area contributed by atoms with Crippen LogP contribution in [0.1, 0.15) is 28.4 Å². The summed E-state index contributed by atoms with van der Waals surface area (Å²) in [6.07, 6.45) is 0. The first kappa shape index (κ1) is 28.1. The highest BCUT2D eigenvalue weighted by molar-refractivity contribution is 7.92. The van der Waals surface area contributed by atoms with E-state index in [0.29, 0.717) is 24.3 Å². The molecule has 2 heterocycles. The highest BCUT2D eigenvalue weighted by Crippen LogP contribution is 2.32. The number of hydrogen-bond donors (Lipinski definition) is 1. The number of anilines is 2. The molecule has 5 rings (SSSR count). The van der Waals surface area contributed by atoms with Crippen LogP contribution in [0.2, 0.25) is 0 Å². The van der Waals surface area contributed by atoms with Gasteiger partial charge in [-0.25, -0.2) is 13.4 Å². The highest BCUT2D eigenvalue weighted by atomic mass is 32.2. The Morgan fingerprint density at radius 1 is 1.00 bits per heavy atom. The van der Waals surface area contributed by atoms with E-state index >= 15 is 0 Å². The van der Waals surface area contributed by atoms with E-state index in [0.717, 1.165) is 43.4 Å². The van der Waals surface area contributed by atoms with Gasteiger partial charge in [-0.2, -0.15) is 0 Å². The van der Waals surface area contributed by atoms with Crippen molar-refractivity contribution >= 4 is 48.3 Å². The molecular formula is C30H35N5O3S2. The van der Waals surface area contributed by atoms with Gasteiger partial charge in [0.25, 0.3) is 15.9 Å². The number of sulfonamides is 1. The average Bonchev–Trinajstić information content (AvgIpc) is 3.39. The number of piperazine rings is 1. The van der Waals surface area contributed by atoms with Crippen molar-refractivity contribution in [2.75, 3.05) is 55.0 Å². The third-order valence-corrected chi connectivity index (χ3v) is 10.2. The zero-order valence-corrected chi connectivity index (χ0v) is 24.8. The molecule has 10 heteroatoms. The van der Waals surface area contributed by atoms with Crippen LogP contribution in [0.4, 0.5) is 10.8 Å². The predicted molar refractivity (Wildman–Crippen MR) is 163 cm³/mol. The molecule has 1 fully saturated rings. The summed E-state index contributed by atoms with van der Waals surface area (Å²) >= 11 is 1.76. The van der Waals surface area contributed by atoms with E-state index < -0.39 is 10.0 Å². The molecule has 3 aromatic carbocycles. The zero-order valence-electron chi connectivity index (χ0n) is 23.1. The molecule has 1 aliphatic rings.